The summed E-state index contributed by atoms with van der Waals surface area (Å²) in [6.07, 6.45) is 0.223. The van der Waals surface area contributed by atoms with E-state index >= 15 is 0 Å². The predicted octanol–water partition coefficient (Wildman–Crippen LogP) is 3.30. The van der Waals surface area contributed by atoms with Gasteiger partial charge < -0.3 is 10.1 Å². The van der Waals surface area contributed by atoms with Gasteiger partial charge in [-0.05, 0) is 31.2 Å². The molecule has 0 spiro atoms. The van der Waals surface area contributed by atoms with Crippen LogP contribution < -0.4 is 10.1 Å². The molecule has 0 heterocycles. The molecule has 0 saturated heterocycles. The van der Waals surface area contributed by atoms with Crippen molar-refractivity contribution in [3.8, 4) is 5.75 Å². The van der Waals surface area contributed by atoms with Crippen LogP contribution in [0.25, 0.3) is 0 Å². The smallest absolute Gasteiger partial charge is 0.227 e. The lowest BCUT2D eigenvalue weighted by atomic mass is 10.1. The number of hydrogen-bond donors (Lipinski definition) is 1. The number of hydrogen-bond acceptors (Lipinski definition) is 3. The molecule has 0 aromatic heterocycles. The number of para-hydroxylation sites is 2. The fourth-order valence-corrected chi connectivity index (χ4v) is 1.89. The highest BCUT2D eigenvalue weighted by atomic mass is 16.5. The second-order valence-electron chi connectivity index (χ2n) is 4.56. The topological polar surface area (TPSA) is 55.4 Å². The van der Waals surface area contributed by atoms with Crippen LogP contribution in [0.15, 0.2) is 54.6 Å². The van der Waals surface area contributed by atoms with Gasteiger partial charge in [-0.3, -0.25) is 9.59 Å². The number of rotatable bonds is 6. The van der Waals surface area contributed by atoms with E-state index in [9.17, 15) is 9.59 Å². The molecule has 0 atom stereocenters. The molecule has 0 radical (unpaired) electrons. The summed E-state index contributed by atoms with van der Waals surface area (Å²) in [6.45, 7) is 1.77. The van der Waals surface area contributed by atoms with E-state index in [1.807, 2.05) is 30.3 Å². The van der Waals surface area contributed by atoms with Gasteiger partial charge in [0.25, 0.3) is 0 Å². The number of amides is 1. The molecule has 1 amide bonds. The van der Waals surface area contributed by atoms with Crippen LogP contribution in [0.3, 0.4) is 0 Å². The molecule has 0 aliphatic carbocycles. The first kappa shape index (κ1) is 14.8. The van der Waals surface area contributed by atoms with Crippen LogP contribution in [0.2, 0.25) is 0 Å². The predicted molar refractivity (Wildman–Crippen MR) is 81.6 cm³/mol. The monoisotopic (exact) mass is 283 g/mol. The first-order valence-electron chi connectivity index (χ1n) is 6.74. The maximum Gasteiger partial charge on any atom is 0.227 e. The molecule has 4 heteroatoms. The molecule has 0 bridgehead atoms. The minimum Gasteiger partial charge on any atom is -0.493 e. The zero-order chi connectivity index (χ0) is 15.1. The molecule has 4 nitrogen and oxygen atoms in total. The number of benzene rings is 2. The summed E-state index contributed by atoms with van der Waals surface area (Å²) in [4.78, 5) is 23.3. The van der Waals surface area contributed by atoms with E-state index < -0.39 is 0 Å². The van der Waals surface area contributed by atoms with Gasteiger partial charge in [0.1, 0.15) is 5.75 Å². The van der Waals surface area contributed by atoms with Crippen LogP contribution in [-0.2, 0) is 4.79 Å². The van der Waals surface area contributed by atoms with E-state index in [-0.39, 0.29) is 24.7 Å². The van der Waals surface area contributed by atoms with Crippen LogP contribution in [0.4, 0.5) is 5.69 Å². The highest BCUT2D eigenvalue weighted by Gasteiger charge is 2.09. The van der Waals surface area contributed by atoms with Crippen molar-refractivity contribution in [1.82, 2.24) is 0 Å². The lowest BCUT2D eigenvalue weighted by Gasteiger charge is -2.09. The Hall–Kier alpha value is -2.62. The number of ether oxygens (including phenoxy) is 1. The van der Waals surface area contributed by atoms with Crippen molar-refractivity contribution in [3.05, 3.63) is 60.2 Å². The second-order valence-corrected chi connectivity index (χ2v) is 4.56. The third kappa shape index (κ3) is 4.45. The third-order valence-electron chi connectivity index (χ3n) is 2.92. The quantitative estimate of drug-likeness (QED) is 0.828. The van der Waals surface area contributed by atoms with Gasteiger partial charge in [-0.2, -0.15) is 0 Å². The van der Waals surface area contributed by atoms with Gasteiger partial charge >= 0.3 is 0 Å². The average molecular weight is 283 g/mol. The third-order valence-corrected chi connectivity index (χ3v) is 2.92. The summed E-state index contributed by atoms with van der Waals surface area (Å²) in [5, 5.41) is 2.74. The Bertz CT molecular complexity index is 623. The van der Waals surface area contributed by atoms with Gasteiger partial charge in [0.2, 0.25) is 5.91 Å². The molecule has 2 aromatic rings. The zero-order valence-corrected chi connectivity index (χ0v) is 11.8. The van der Waals surface area contributed by atoms with Gasteiger partial charge in [-0.1, -0.05) is 30.3 Å². The maximum atomic E-state index is 11.9. The largest absolute Gasteiger partial charge is 0.493 e. The summed E-state index contributed by atoms with van der Waals surface area (Å²) in [6, 6.07) is 16.3. The van der Waals surface area contributed by atoms with Crippen LogP contribution in [-0.4, -0.2) is 18.3 Å². The van der Waals surface area contributed by atoms with Gasteiger partial charge in [0.15, 0.2) is 5.78 Å². The molecule has 21 heavy (non-hydrogen) atoms. The highest BCUT2D eigenvalue weighted by molar-refractivity contribution is 6.03. The van der Waals surface area contributed by atoms with Gasteiger partial charge in [0, 0.05) is 5.56 Å². The fourth-order valence-electron chi connectivity index (χ4n) is 1.89. The number of ketones is 1. The van der Waals surface area contributed by atoms with E-state index in [1.54, 1.807) is 24.3 Å². The molecular formula is C17H17NO3. The summed E-state index contributed by atoms with van der Waals surface area (Å²) >= 11 is 0. The molecule has 0 unspecified atom stereocenters. The highest BCUT2D eigenvalue weighted by Crippen LogP contribution is 2.16. The Morgan fingerprint density at radius 2 is 1.67 bits per heavy atom. The molecule has 2 rings (SSSR count). The van der Waals surface area contributed by atoms with E-state index in [1.165, 1.54) is 6.92 Å². The Morgan fingerprint density at radius 1 is 1.00 bits per heavy atom. The number of carbonyl (C=O) groups is 2. The normalized spacial score (nSPS) is 9.95. The average Bonchev–Trinajstić information content (AvgIpc) is 2.48. The van der Waals surface area contributed by atoms with Crippen LogP contribution in [0.5, 0.6) is 5.75 Å². The van der Waals surface area contributed by atoms with Crippen molar-refractivity contribution in [1.29, 1.82) is 0 Å². The number of carbonyl (C=O) groups excluding carboxylic acids is 2. The number of nitrogens with one attached hydrogen (secondary N) is 1. The number of Topliss-reactive ketones (excluding diaryl/α,β-unsaturated/α-hetero) is 1. The van der Waals surface area contributed by atoms with Crippen molar-refractivity contribution < 1.29 is 14.3 Å². The van der Waals surface area contributed by atoms with Crippen molar-refractivity contribution >= 4 is 17.4 Å². The van der Waals surface area contributed by atoms with Crippen LogP contribution in [0, 0.1) is 0 Å². The molecular weight excluding hydrogens is 266 g/mol. The zero-order valence-electron chi connectivity index (χ0n) is 11.8. The molecule has 0 fully saturated rings. The van der Waals surface area contributed by atoms with E-state index in [0.717, 1.165) is 5.75 Å². The second kappa shape index (κ2) is 7.24. The standard InChI is InChI=1S/C17H17NO3/c1-13(19)15-9-5-6-10-16(15)18-17(20)11-12-21-14-7-3-2-4-8-14/h2-10H,11-12H2,1H3,(H,18,20). The molecule has 2 aromatic carbocycles. The summed E-state index contributed by atoms with van der Waals surface area (Å²) in [5.74, 6) is 0.473. The van der Waals surface area contributed by atoms with Gasteiger partial charge in [-0.15, -0.1) is 0 Å². The Balaban J connectivity index is 1.86. The lowest BCUT2D eigenvalue weighted by molar-refractivity contribution is -0.116. The Kier molecular flexibility index (Phi) is 5.10. The van der Waals surface area contributed by atoms with E-state index in [0.29, 0.717) is 11.3 Å². The first-order valence-corrected chi connectivity index (χ1v) is 6.74. The van der Waals surface area contributed by atoms with Crippen LogP contribution >= 0.6 is 0 Å². The molecule has 0 aliphatic rings. The SMILES string of the molecule is CC(=O)c1ccccc1NC(=O)CCOc1ccccc1. The maximum absolute atomic E-state index is 11.9. The summed E-state index contributed by atoms with van der Waals surface area (Å²) < 4.78 is 5.46. The molecule has 0 saturated carbocycles. The molecule has 1 N–H and O–H groups in total. The lowest BCUT2D eigenvalue weighted by Crippen LogP contribution is -2.16. The van der Waals surface area contributed by atoms with Crippen LogP contribution in [0.1, 0.15) is 23.7 Å². The minimum absolute atomic E-state index is 0.0774. The van der Waals surface area contributed by atoms with Crippen molar-refractivity contribution in [2.24, 2.45) is 0 Å². The van der Waals surface area contributed by atoms with Crippen molar-refractivity contribution in [2.45, 2.75) is 13.3 Å². The summed E-state index contributed by atoms with van der Waals surface area (Å²) in [5.41, 5.74) is 1.05. The van der Waals surface area contributed by atoms with Crippen molar-refractivity contribution in [3.63, 3.8) is 0 Å². The Labute approximate surface area is 123 Å². The molecule has 108 valence electrons. The molecule has 0 aliphatic heterocycles. The Morgan fingerprint density at radius 3 is 2.38 bits per heavy atom. The van der Waals surface area contributed by atoms with Gasteiger partial charge in [-0.25, -0.2) is 0 Å². The van der Waals surface area contributed by atoms with Crippen molar-refractivity contribution in [2.75, 3.05) is 11.9 Å². The fraction of sp³-hybridized carbons (Fsp3) is 0.176. The minimum atomic E-state index is -0.181. The number of anilines is 1. The summed E-state index contributed by atoms with van der Waals surface area (Å²) in [7, 11) is 0. The van der Waals surface area contributed by atoms with E-state index in [2.05, 4.69) is 5.32 Å². The van der Waals surface area contributed by atoms with E-state index in [4.69, 9.17) is 4.74 Å². The first-order chi connectivity index (χ1) is 10.2. The van der Waals surface area contributed by atoms with Gasteiger partial charge in [0.05, 0.1) is 18.7 Å².